The monoisotopic (exact) mass is 391 g/mol. The van der Waals surface area contributed by atoms with Crippen molar-refractivity contribution in [3.05, 3.63) is 35.6 Å². The number of aryl methyl sites for hydroxylation is 1. The zero-order valence-corrected chi connectivity index (χ0v) is 15.9. The second-order valence-corrected chi connectivity index (χ2v) is 7.84. The minimum Gasteiger partial charge on any atom is -0.312 e. The highest BCUT2D eigenvalue weighted by Gasteiger charge is 2.39. The van der Waals surface area contributed by atoms with Crippen LogP contribution in [0.15, 0.2) is 29.9 Å². The zero-order valence-electron chi connectivity index (χ0n) is 15.1. The maximum absolute atomic E-state index is 9.19. The lowest BCUT2D eigenvalue weighted by Gasteiger charge is -2.41. The first-order valence-electron chi connectivity index (χ1n) is 8.84. The van der Waals surface area contributed by atoms with Gasteiger partial charge in [-0.3, -0.25) is 9.78 Å². The molecule has 4 aromatic heterocycles. The SMILES string of the molecule is Cc1cc(Nc2nc(-c3cnn(C4(CC#N)CNC4)c3)c3sccc3n2)n[nH]1. The van der Waals surface area contributed by atoms with E-state index in [1.54, 1.807) is 17.5 Å². The van der Waals surface area contributed by atoms with Crippen molar-refractivity contribution in [3.63, 3.8) is 0 Å². The van der Waals surface area contributed by atoms with Crippen molar-refractivity contribution in [1.82, 2.24) is 35.3 Å². The number of thiophene rings is 1. The van der Waals surface area contributed by atoms with Crippen molar-refractivity contribution >= 4 is 33.3 Å². The van der Waals surface area contributed by atoms with E-state index in [2.05, 4.69) is 37.0 Å². The van der Waals surface area contributed by atoms with E-state index in [1.165, 1.54) is 0 Å². The van der Waals surface area contributed by atoms with Gasteiger partial charge in [0.1, 0.15) is 5.54 Å². The van der Waals surface area contributed by atoms with E-state index in [-0.39, 0.29) is 5.54 Å². The minimum atomic E-state index is -0.276. The minimum absolute atomic E-state index is 0.276. The normalized spacial score (nSPS) is 15.3. The van der Waals surface area contributed by atoms with E-state index in [9.17, 15) is 5.26 Å². The van der Waals surface area contributed by atoms with E-state index < -0.39 is 0 Å². The van der Waals surface area contributed by atoms with Gasteiger partial charge in [0.25, 0.3) is 0 Å². The molecule has 1 saturated heterocycles. The number of H-pyrrole nitrogens is 1. The van der Waals surface area contributed by atoms with E-state index in [0.29, 0.717) is 18.2 Å². The molecule has 3 N–H and O–H groups in total. The molecule has 0 unspecified atom stereocenters. The number of aromatic amines is 1. The second kappa shape index (κ2) is 6.40. The molecule has 5 rings (SSSR count). The van der Waals surface area contributed by atoms with Crippen LogP contribution >= 0.6 is 11.3 Å². The van der Waals surface area contributed by atoms with Gasteiger partial charge in [0.05, 0.1) is 34.6 Å². The van der Waals surface area contributed by atoms with Gasteiger partial charge >= 0.3 is 0 Å². The summed E-state index contributed by atoms with van der Waals surface area (Å²) in [6, 6.07) is 6.15. The van der Waals surface area contributed by atoms with Crippen LogP contribution in [0.5, 0.6) is 0 Å². The summed E-state index contributed by atoms with van der Waals surface area (Å²) in [5, 5.41) is 29.2. The van der Waals surface area contributed by atoms with Crippen LogP contribution in [0.2, 0.25) is 0 Å². The number of rotatable bonds is 5. The molecule has 10 heteroatoms. The smallest absolute Gasteiger partial charge is 0.229 e. The number of nitrogens with one attached hydrogen (secondary N) is 3. The van der Waals surface area contributed by atoms with Gasteiger partial charge < -0.3 is 10.6 Å². The number of nitriles is 1. The summed E-state index contributed by atoms with van der Waals surface area (Å²) >= 11 is 1.60. The molecular weight excluding hydrogens is 374 g/mol. The fourth-order valence-corrected chi connectivity index (χ4v) is 4.19. The van der Waals surface area contributed by atoms with Crippen LogP contribution < -0.4 is 10.6 Å². The van der Waals surface area contributed by atoms with Crippen LogP contribution in [0, 0.1) is 18.3 Å². The van der Waals surface area contributed by atoms with Crippen molar-refractivity contribution in [2.24, 2.45) is 0 Å². The van der Waals surface area contributed by atoms with Gasteiger partial charge in [0.15, 0.2) is 5.82 Å². The fourth-order valence-electron chi connectivity index (χ4n) is 3.34. The summed E-state index contributed by atoms with van der Waals surface area (Å²) in [6.45, 7) is 3.42. The Hall–Kier alpha value is -3.29. The molecule has 28 heavy (non-hydrogen) atoms. The fraction of sp³-hybridized carbons (Fsp3) is 0.278. The Morgan fingerprint density at radius 3 is 3.00 bits per heavy atom. The molecular formula is C18H17N9S. The highest BCUT2D eigenvalue weighted by Crippen LogP contribution is 2.33. The third-order valence-electron chi connectivity index (χ3n) is 4.91. The Bertz CT molecular complexity index is 1190. The topological polar surface area (TPSA) is 120 Å². The number of nitrogens with zero attached hydrogens (tertiary/aromatic N) is 6. The van der Waals surface area contributed by atoms with Gasteiger partial charge in [0, 0.05) is 36.6 Å². The summed E-state index contributed by atoms with van der Waals surface area (Å²) in [4.78, 5) is 9.33. The average Bonchev–Trinajstić information content (AvgIpc) is 3.38. The van der Waals surface area contributed by atoms with Crippen molar-refractivity contribution < 1.29 is 0 Å². The highest BCUT2D eigenvalue weighted by molar-refractivity contribution is 7.17. The lowest BCUT2D eigenvalue weighted by atomic mass is 9.89. The maximum Gasteiger partial charge on any atom is 0.229 e. The van der Waals surface area contributed by atoms with Crippen molar-refractivity contribution in [1.29, 1.82) is 5.26 Å². The Kier molecular flexibility index (Phi) is 3.85. The molecule has 1 aliphatic rings. The molecule has 0 aromatic carbocycles. The van der Waals surface area contributed by atoms with Gasteiger partial charge in [-0.25, -0.2) is 9.97 Å². The van der Waals surface area contributed by atoms with Crippen LogP contribution in [0.4, 0.5) is 11.8 Å². The molecule has 4 aromatic rings. The molecule has 0 atom stereocenters. The first-order valence-corrected chi connectivity index (χ1v) is 9.72. The van der Waals surface area contributed by atoms with Gasteiger partial charge in [0.2, 0.25) is 5.95 Å². The molecule has 0 saturated carbocycles. The Morgan fingerprint density at radius 2 is 2.29 bits per heavy atom. The van der Waals surface area contributed by atoms with Crippen LogP contribution in [-0.2, 0) is 5.54 Å². The maximum atomic E-state index is 9.19. The molecule has 140 valence electrons. The Morgan fingerprint density at radius 1 is 1.39 bits per heavy atom. The van der Waals surface area contributed by atoms with Crippen LogP contribution in [0.25, 0.3) is 21.5 Å². The third kappa shape index (κ3) is 2.72. The van der Waals surface area contributed by atoms with E-state index >= 15 is 0 Å². The van der Waals surface area contributed by atoms with Gasteiger partial charge in [-0.15, -0.1) is 11.3 Å². The Balaban J connectivity index is 1.55. The molecule has 0 radical (unpaired) electrons. The lowest BCUT2D eigenvalue weighted by Crippen LogP contribution is -2.60. The Labute approximate surface area is 164 Å². The summed E-state index contributed by atoms with van der Waals surface area (Å²) in [5.74, 6) is 1.15. The summed E-state index contributed by atoms with van der Waals surface area (Å²) < 4.78 is 2.90. The molecule has 1 fully saturated rings. The largest absolute Gasteiger partial charge is 0.312 e. The standard InChI is InChI=1S/C18H17N9S/c1-11-6-14(26-25-11)23-17-22-13-2-5-28-16(13)15(24-17)12-7-21-27(8-12)18(3-4-19)9-20-10-18/h2,5-8,20H,3,9-10H2,1H3,(H2,22,23,24,25,26). The number of fused-ring (bicyclic) bond motifs is 1. The van der Waals surface area contributed by atoms with E-state index in [4.69, 9.17) is 4.98 Å². The van der Waals surface area contributed by atoms with E-state index in [1.807, 2.05) is 35.3 Å². The summed E-state index contributed by atoms with van der Waals surface area (Å²) in [7, 11) is 0. The van der Waals surface area contributed by atoms with Crippen molar-refractivity contribution in [2.45, 2.75) is 18.9 Å². The quantitative estimate of drug-likeness (QED) is 0.478. The number of anilines is 2. The predicted molar refractivity (Wildman–Crippen MR) is 106 cm³/mol. The first kappa shape index (κ1) is 16.9. The molecule has 9 nitrogen and oxygen atoms in total. The molecule has 5 heterocycles. The lowest BCUT2D eigenvalue weighted by molar-refractivity contribution is 0.160. The van der Waals surface area contributed by atoms with Crippen LogP contribution in [0.3, 0.4) is 0 Å². The first-order chi connectivity index (χ1) is 13.7. The highest BCUT2D eigenvalue weighted by atomic mass is 32.1. The molecule has 0 amide bonds. The third-order valence-corrected chi connectivity index (χ3v) is 5.82. The predicted octanol–water partition coefficient (Wildman–Crippen LogP) is 2.54. The van der Waals surface area contributed by atoms with Crippen molar-refractivity contribution in [3.8, 4) is 17.3 Å². The number of aromatic nitrogens is 6. The molecule has 0 spiro atoms. The van der Waals surface area contributed by atoms with Crippen LogP contribution in [-0.4, -0.2) is 43.0 Å². The van der Waals surface area contributed by atoms with E-state index in [0.717, 1.165) is 40.3 Å². The zero-order chi connectivity index (χ0) is 19.1. The van der Waals surface area contributed by atoms with Gasteiger partial charge in [-0.1, -0.05) is 0 Å². The molecule has 1 aliphatic heterocycles. The summed E-state index contributed by atoms with van der Waals surface area (Å²) in [5.41, 5.74) is 3.27. The number of hydrogen-bond donors (Lipinski definition) is 3. The average molecular weight is 391 g/mol. The van der Waals surface area contributed by atoms with Gasteiger partial charge in [-0.2, -0.15) is 15.5 Å². The number of hydrogen-bond acceptors (Lipinski definition) is 8. The van der Waals surface area contributed by atoms with Crippen LogP contribution in [0.1, 0.15) is 12.1 Å². The molecule has 0 aliphatic carbocycles. The summed E-state index contributed by atoms with van der Waals surface area (Å²) in [6.07, 6.45) is 4.20. The van der Waals surface area contributed by atoms with Crippen molar-refractivity contribution in [2.75, 3.05) is 18.4 Å². The molecule has 0 bridgehead atoms. The van der Waals surface area contributed by atoms with Gasteiger partial charge in [-0.05, 0) is 18.4 Å². The second-order valence-electron chi connectivity index (χ2n) is 6.93.